The van der Waals surface area contributed by atoms with E-state index in [1.54, 1.807) is 24.3 Å². The smallest absolute Gasteiger partial charge is 0.146 e. The Balaban J connectivity index is 2.16. The molecule has 2 nitrogen and oxygen atoms in total. The highest BCUT2D eigenvalue weighted by Crippen LogP contribution is 2.16. The quantitative estimate of drug-likeness (QED) is 0.759. The first-order valence-electron chi connectivity index (χ1n) is 5.08. The number of nitrogens with one attached hydrogen (secondary N) is 2. The van der Waals surface area contributed by atoms with Gasteiger partial charge in [0.15, 0.2) is 0 Å². The van der Waals surface area contributed by atoms with Crippen LogP contribution in [-0.2, 0) is 0 Å². The van der Waals surface area contributed by atoms with Crippen molar-refractivity contribution in [2.75, 3.05) is 5.32 Å². The molecule has 1 aromatic rings. The number of dihydropyridines is 1. The Morgan fingerprint density at radius 1 is 1.38 bits per heavy atom. The number of rotatable bonds is 3. The van der Waals surface area contributed by atoms with Crippen LogP contribution in [0.1, 0.15) is 0 Å². The van der Waals surface area contributed by atoms with Crippen molar-refractivity contribution in [2.45, 2.75) is 6.04 Å². The van der Waals surface area contributed by atoms with E-state index in [0.717, 1.165) is 5.70 Å². The molecule has 1 aromatic carbocycles. The van der Waals surface area contributed by atoms with Crippen molar-refractivity contribution in [3.63, 3.8) is 0 Å². The lowest BCUT2D eigenvalue weighted by Gasteiger charge is -2.17. The Hall–Kier alpha value is -2.03. The molecule has 0 fully saturated rings. The normalized spacial score (nSPS) is 18.6. The van der Waals surface area contributed by atoms with Crippen LogP contribution in [0.15, 0.2) is 61.0 Å². The lowest BCUT2D eigenvalue weighted by Crippen LogP contribution is -2.23. The third-order valence-corrected chi connectivity index (χ3v) is 2.32. The van der Waals surface area contributed by atoms with Crippen LogP contribution >= 0.6 is 0 Å². The summed E-state index contributed by atoms with van der Waals surface area (Å²) in [4.78, 5) is 0. The minimum absolute atomic E-state index is 0.0827. The number of para-hydroxylation sites is 1. The number of hydrogen-bond donors (Lipinski definition) is 2. The predicted octanol–water partition coefficient (Wildman–Crippen LogP) is 2.79. The Morgan fingerprint density at radius 3 is 2.94 bits per heavy atom. The molecular weight excluding hydrogens is 203 g/mol. The summed E-state index contributed by atoms with van der Waals surface area (Å²) in [6, 6.07) is 6.68. The zero-order valence-electron chi connectivity index (χ0n) is 8.78. The average molecular weight is 216 g/mol. The molecule has 0 bridgehead atoms. The maximum absolute atomic E-state index is 13.4. The maximum atomic E-state index is 13.4. The summed E-state index contributed by atoms with van der Waals surface area (Å²) in [5, 5.41) is 6.12. The van der Waals surface area contributed by atoms with Gasteiger partial charge in [0, 0.05) is 5.70 Å². The van der Waals surface area contributed by atoms with E-state index in [9.17, 15) is 4.39 Å². The molecule has 1 aliphatic heterocycles. The van der Waals surface area contributed by atoms with Crippen LogP contribution < -0.4 is 10.6 Å². The van der Waals surface area contributed by atoms with E-state index in [0.29, 0.717) is 5.69 Å². The first-order chi connectivity index (χ1) is 7.79. The summed E-state index contributed by atoms with van der Waals surface area (Å²) in [7, 11) is 0. The Morgan fingerprint density at radius 2 is 2.19 bits per heavy atom. The van der Waals surface area contributed by atoms with Crippen molar-refractivity contribution < 1.29 is 4.39 Å². The second-order valence-electron chi connectivity index (χ2n) is 3.49. The largest absolute Gasteiger partial charge is 0.381 e. The maximum Gasteiger partial charge on any atom is 0.146 e. The van der Waals surface area contributed by atoms with Crippen molar-refractivity contribution in [1.82, 2.24) is 5.32 Å². The molecule has 1 unspecified atom stereocenters. The third kappa shape index (κ3) is 2.31. The third-order valence-electron chi connectivity index (χ3n) is 2.32. The standard InChI is InChI=1S/C13H13FN2/c1-2-10-9-11(7-8-15-10)16-13-6-4-3-5-12(13)14/h2-10,15-16H,1H2. The van der Waals surface area contributed by atoms with Crippen LogP contribution in [0.4, 0.5) is 10.1 Å². The van der Waals surface area contributed by atoms with E-state index < -0.39 is 0 Å². The highest BCUT2D eigenvalue weighted by molar-refractivity contribution is 5.52. The second kappa shape index (κ2) is 4.66. The van der Waals surface area contributed by atoms with Crippen molar-refractivity contribution in [2.24, 2.45) is 0 Å². The van der Waals surface area contributed by atoms with Gasteiger partial charge in [-0.2, -0.15) is 0 Å². The molecule has 82 valence electrons. The van der Waals surface area contributed by atoms with Crippen LogP contribution in [0.3, 0.4) is 0 Å². The number of halogens is 1. The summed E-state index contributed by atoms with van der Waals surface area (Å²) in [5.41, 5.74) is 1.33. The van der Waals surface area contributed by atoms with E-state index in [2.05, 4.69) is 17.2 Å². The van der Waals surface area contributed by atoms with Crippen LogP contribution in [0, 0.1) is 5.82 Å². The van der Waals surface area contributed by atoms with Gasteiger partial charge in [0.2, 0.25) is 0 Å². The average Bonchev–Trinajstić information content (AvgIpc) is 2.32. The summed E-state index contributed by atoms with van der Waals surface area (Å²) < 4.78 is 13.4. The van der Waals surface area contributed by atoms with Crippen molar-refractivity contribution in [3.8, 4) is 0 Å². The molecule has 2 N–H and O–H groups in total. The SMILES string of the molecule is C=CC1C=C(Nc2ccccc2F)C=CN1. The highest BCUT2D eigenvalue weighted by Gasteiger charge is 2.06. The molecule has 3 heteroatoms. The molecule has 1 heterocycles. The fourth-order valence-corrected chi connectivity index (χ4v) is 1.48. The minimum Gasteiger partial charge on any atom is -0.381 e. The second-order valence-corrected chi connectivity index (χ2v) is 3.49. The summed E-state index contributed by atoms with van der Waals surface area (Å²) in [6.07, 6.45) is 7.40. The van der Waals surface area contributed by atoms with Gasteiger partial charge in [0.25, 0.3) is 0 Å². The van der Waals surface area contributed by atoms with Gasteiger partial charge in [-0.15, -0.1) is 6.58 Å². The fourth-order valence-electron chi connectivity index (χ4n) is 1.48. The molecule has 1 atom stereocenters. The molecule has 0 spiro atoms. The summed E-state index contributed by atoms with van der Waals surface area (Å²) >= 11 is 0. The van der Waals surface area contributed by atoms with Crippen LogP contribution in [0.5, 0.6) is 0 Å². The van der Waals surface area contributed by atoms with Gasteiger partial charge in [-0.05, 0) is 30.5 Å². The van der Waals surface area contributed by atoms with Gasteiger partial charge < -0.3 is 10.6 Å². The monoisotopic (exact) mass is 216 g/mol. The molecule has 1 aliphatic rings. The first-order valence-corrected chi connectivity index (χ1v) is 5.08. The van der Waals surface area contributed by atoms with Crippen LogP contribution in [0.2, 0.25) is 0 Å². The lowest BCUT2D eigenvalue weighted by atomic mass is 10.2. The predicted molar refractivity (Wildman–Crippen MR) is 64.4 cm³/mol. The fraction of sp³-hybridized carbons (Fsp3) is 0.0769. The van der Waals surface area contributed by atoms with E-state index in [1.807, 2.05) is 18.4 Å². The zero-order valence-corrected chi connectivity index (χ0v) is 8.78. The van der Waals surface area contributed by atoms with E-state index in [1.165, 1.54) is 6.07 Å². The van der Waals surface area contributed by atoms with Gasteiger partial charge in [-0.25, -0.2) is 4.39 Å². The molecule has 0 saturated heterocycles. The minimum atomic E-state index is -0.259. The van der Waals surface area contributed by atoms with Gasteiger partial charge in [-0.3, -0.25) is 0 Å². The zero-order chi connectivity index (χ0) is 11.4. The van der Waals surface area contributed by atoms with E-state index >= 15 is 0 Å². The topological polar surface area (TPSA) is 24.1 Å². The molecule has 0 aliphatic carbocycles. The first kappa shape index (κ1) is 10.5. The Kier molecular flexibility index (Phi) is 3.05. The number of anilines is 1. The van der Waals surface area contributed by atoms with Gasteiger partial charge in [-0.1, -0.05) is 18.2 Å². The van der Waals surface area contributed by atoms with Crippen molar-refractivity contribution in [3.05, 3.63) is 66.8 Å². The van der Waals surface area contributed by atoms with Gasteiger partial charge in [0.1, 0.15) is 5.82 Å². The summed E-state index contributed by atoms with van der Waals surface area (Å²) in [5.74, 6) is -0.259. The van der Waals surface area contributed by atoms with Gasteiger partial charge >= 0.3 is 0 Å². The van der Waals surface area contributed by atoms with Crippen LogP contribution in [-0.4, -0.2) is 6.04 Å². The highest BCUT2D eigenvalue weighted by atomic mass is 19.1. The van der Waals surface area contributed by atoms with Crippen LogP contribution in [0.25, 0.3) is 0 Å². The molecule has 0 aromatic heterocycles. The molecular formula is C13H13FN2. The molecule has 0 radical (unpaired) electrons. The number of benzene rings is 1. The van der Waals surface area contributed by atoms with E-state index in [-0.39, 0.29) is 11.9 Å². The molecule has 2 rings (SSSR count). The number of allylic oxidation sites excluding steroid dienone is 1. The number of hydrogen-bond acceptors (Lipinski definition) is 2. The van der Waals surface area contributed by atoms with Crippen molar-refractivity contribution >= 4 is 5.69 Å². The molecule has 0 amide bonds. The molecule has 0 saturated carbocycles. The van der Waals surface area contributed by atoms with Crippen molar-refractivity contribution in [1.29, 1.82) is 0 Å². The van der Waals surface area contributed by atoms with Gasteiger partial charge in [0.05, 0.1) is 11.7 Å². The summed E-state index contributed by atoms with van der Waals surface area (Å²) in [6.45, 7) is 3.70. The Bertz CT molecular complexity index is 449. The van der Waals surface area contributed by atoms with E-state index in [4.69, 9.17) is 0 Å². The Labute approximate surface area is 94.2 Å². The lowest BCUT2D eigenvalue weighted by molar-refractivity contribution is 0.631. The molecule has 16 heavy (non-hydrogen) atoms.